The van der Waals surface area contributed by atoms with Crippen LogP contribution in [0.4, 0.5) is 0 Å². The predicted octanol–water partition coefficient (Wildman–Crippen LogP) is 0.898. The first-order valence-electron chi connectivity index (χ1n) is 9.99. The fourth-order valence-corrected chi connectivity index (χ4v) is 4.29. The largest absolute Gasteiger partial charge is 0.353 e. The first-order valence-corrected chi connectivity index (χ1v) is 9.99. The van der Waals surface area contributed by atoms with Crippen molar-refractivity contribution in [2.75, 3.05) is 26.7 Å². The van der Waals surface area contributed by atoms with Crippen LogP contribution in [0.3, 0.4) is 0 Å². The molecule has 2 fully saturated rings. The van der Waals surface area contributed by atoms with Gasteiger partial charge in [-0.3, -0.25) is 19.4 Å². The summed E-state index contributed by atoms with van der Waals surface area (Å²) in [5.41, 5.74) is 2.47. The lowest BCUT2D eigenvalue weighted by atomic mass is 10.0. The zero-order valence-electron chi connectivity index (χ0n) is 16.8. The standard InChI is InChI=1S/C22H30N4O2/c1-4-12-23-20(27)10-9-18-14-24-22(28)21-19(25(18)3)11-13-26(21)15-17-7-5-16(2)6-8-17/h1,5-8,18-19,21H,9-15H2,2-3H3,(H,23,27)(H,24,28). The van der Waals surface area contributed by atoms with Gasteiger partial charge < -0.3 is 10.6 Å². The molecule has 2 N–H and O–H groups in total. The maximum atomic E-state index is 12.8. The molecule has 6 nitrogen and oxygen atoms in total. The molecule has 0 spiro atoms. The second-order valence-corrected chi connectivity index (χ2v) is 7.84. The third kappa shape index (κ3) is 4.73. The highest BCUT2D eigenvalue weighted by molar-refractivity contribution is 5.83. The number of hydrogen-bond donors (Lipinski definition) is 2. The van der Waals surface area contributed by atoms with Crippen molar-refractivity contribution in [2.24, 2.45) is 0 Å². The van der Waals surface area contributed by atoms with Crippen LogP contribution < -0.4 is 10.6 Å². The SMILES string of the molecule is C#CCNC(=O)CCC1CNC(=O)C2C(CCN2Cc2ccc(C)cc2)N1C. The molecule has 2 amide bonds. The van der Waals surface area contributed by atoms with Crippen molar-refractivity contribution < 1.29 is 9.59 Å². The number of aryl methyl sites for hydroxylation is 1. The molecule has 3 rings (SSSR count). The molecular formula is C22H30N4O2. The molecule has 0 bridgehead atoms. The fraction of sp³-hybridized carbons (Fsp3) is 0.545. The highest BCUT2D eigenvalue weighted by atomic mass is 16.2. The number of nitrogens with one attached hydrogen (secondary N) is 2. The van der Waals surface area contributed by atoms with Gasteiger partial charge in [0.25, 0.3) is 0 Å². The van der Waals surface area contributed by atoms with E-state index in [1.807, 2.05) is 0 Å². The Balaban J connectivity index is 1.63. The first-order chi connectivity index (χ1) is 13.5. The van der Waals surface area contributed by atoms with Crippen molar-refractivity contribution in [3.63, 3.8) is 0 Å². The summed E-state index contributed by atoms with van der Waals surface area (Å²) in [5, 5.41) is 5.81. The van der Waals surface area contributed by atoms with Crippen LogP contribution in [0.1, 0.15) is 30.4 Å². The average Bonchev–Trinajstić information content (AvgIpc) is 3.06. The predicted molar refractivity (Wildman–Crippen MR) is 109 cm³/mol. The molecule has 0 saturated carbocycles. The van der Waals surface area contributed by atoms with Crippen molar-refractivity contribution in [2.45, 2.75) is 50.9 Å². The van der Waals surface area contributed by atoms with Crippen LogP contribution in [0, 0.1) is 19.3 Å². The summed E-state index contributed by atoms with van der Waals surface area (Å²) in [6.45, 7) is 4.59. The van der Waals surface area contributed by atoms with Crippen molar-refractivity contribution in [3.8, 4) is 12.3 Å². The smallest absolute Gasteiger partial charge is 0.239 e. The molecule has 6 heteroatoms. The average molecular weight is 383 g/mol. The fourth-order valence-electron chi connectivity index (χ4n) is 4.29. The Morgan fingerprint density at radius 1 is 1.36 bits per heavy atom. The number of likely N-dealkylation sites (tertiary alicyclic amines) is 1. The Bertz CT molecular complexity index is 740. The Labute approximate surface area is 167 Å². The van der Waals surface area contributed by atoms with Gasteiger partial charge >= 0.3 is 0 Å². The highest BCUT2D eigenvalue weighted by Gasteiger charge is 2.44. The number of carbonyl (C=O) groups excluding carboxylic acids is 2. The summed E-state index contributed by atoms with van der Waals surface area (Å²) in [4.78, 5) is 29.3. The van der Waals surface area contributed by atoms with E-state index in [1.54, 1.807) is 0 Å². The molecule has 2 saturated heterocycles. The number of hydrogen-bond acceptors (Lipinski definition) is 4. The normalized spacial score (nSPS) is 25.5. The summed E-state index contributed by atoms with van der Waals surface area (Å²) in [6.07, 6.45) is 7.26. The van der Waals surface area contributed by atoms with Crippen molar-refractivity contribution >= 4 is 11.8 Å². The molecule has 28 heavy (non-hydrogen) atoms. The summed E-state index contributed by atoms with van der Waals surface area (Å²) in [5.74, 6) is 2.48. The van der Waals surface area contributed by atoms with Crippen LogP contribution in [0.15, 0.2) is 24.3 Å². The van der Waals surface area contributed by atoms with Crippen molar-refractivity contribution in [1.82, 2.24) is 20.4 Å². The zero-order chi connectivity index (χ0) is 20.1. The number of benzene rings is 1. The number of terminal acetylenes is 1. The lowest BCUT2D eigenvalue weighted by Gasteiger charge is -2.33. The Hall–Kier alpha value is -2.36. The zero-order valence-corrected chi connectivity index (χ0v) is 16.8. The van der Waals surface area contributed by atoms with Crippen molar-refractivity contribution in [3.05, 3.63) is 35.4 Å². The first kappa shape index (κ1) is 20.4. The number of carbonyl (C=O) groups is 2. The third-order valence-electron chi connectivity index (χ3n) is 5.95. The minimum Gasteiger partial charge on any atom is -0.353 e. The van der Waals surface area contributed by atoms with Gasteiger partial charge in [0.05, 0.1) is 6.54 Å². The minimum absolute atomic E-state index is 0.0362. The summed E-state index contributed by atoms with van der Waals surface area (Å²) < 4.78 is 0. The lowest BCUT2D eigenvalue weighted by molar-refractivity contribution is -0.126. The van der Waals surface area contributed by atoms with Gasteiger partial charge in [-0.15, -0.1) is 6.42 Å². The molecular weight excluding hydrogens is 352 g/mol. The van der Waals surface area contributed by atoms with Crippen molar-refractivity contribution in [1.29, 1.82) is 0 Å². The number of nitrogens with zero attached hydrogens (tertiary/aromatic N) is 2. The van der Waals surface area contributed by atoms with Crippen LogP contribution in [-0.2, 0) is 16.1 Å². The van der Waals surface area contributed by atoms with E-state index in [9.17, 15) is 9.59 Å². The molecule has 3 atom stereocenters. The highest BCUT2D eigenvalue weighted by Crippen LogP contribution is 2.28. The molecule has 2 aliphatic heterocycles. The van der Waals surface area contributed by atoms with E-state index >= 15 is 0 Å². The Morgan fingerprint density at radius 3 is 2.82 bits per heavy atom. The number of rotatable bonds is 6. The molecule has 0 aromatic heterocycles. The van der Waals surface area contributed by atoms with Gasteiger partial charge in [-0.05, 0) is 32.4 Å². The molecule has 0 radical (unpaired) electrons. The quantitative estimate of drug-likeness (QED) is 0.718. The lowest BCUT2D eigenvalue weighted by Crippen LogP contribution is -2.49. The topological polar surface area (TPSA) is 64.7 Å². The van der Waals surface area contributed by atoms with Gasteiger partial charge in [-0.25, -0.2) is 0 Å². The van der Waals surface area contributed by atoms with E-state index in [0.717, 1.165) is 19.5 Å². The van der Waals surface area contributed by atoms with E-state index in [2.05, 4.69) is 64.6 Å². The molecule has 2 heterocycles. The van der Waals surface area contributed by atoms with Crippen LogP contribution >= 0.6 is 0 Å². The molecule has 150 valence electrons. The summed E-state index contributed by atoms with van der Waals surface area (Å²) in [6, 6.07) is 8.68. The van der Waals surface area contributed by atoms with Crippen LogP contribution in [0.5, 0.6) is 0 Å². The molecule has 1 aromatic rings. The summed E-state index contributed by atoms with van der Waals surface area (Å²) in [7, 11) is 2.08. The van der Waals surface area contributed by atoms with Crippen LogP contribution in [0.25, 0.3) is 0 Å². The maximum absolute atomic E-state index is 12.8. The van der Waals surface area contributed by atoms with Gasteiger partial charge in [0.15, 0.2) is 0 Å². The monoisotopic (exact) mass is 382 g/mol. The molecule has 3 unspecified atom stereocenters. The van der Waals surface area contributed by atoms with E-state index in [0.29, 0.717) is 19.4 Å². The number of likely N-dealkylation sites (N-methyl/N-ethyl adjacent to an activating group) is 1. The maximum Gasteiger partial charge on any atom is 0.239 e. The second kappa shape index (κ2) is 9.22. The third-order valence-corrected chi connectivity index (χ3v) is 5.95. The number of amides is 2. The van der Waals surface area contributed by atoms with Gasteiger partial charge in [0.2, 0.25) is 11.8 Å². The van der Waals surface area contributed by atoms with Gasteiger partial charge in [0, 0.05) is 38.1 Å². The number of fused-ring (bicyclic) bond motifs is 1. The Kier molecular flexibility index (Phi) is 6.71. The molecule has 0 aliphatic carbocycles. The van der Waals surface area contributed by atoms with Crippen LogP contribution in [-0.4, -0.2) is 66.4 Å². The Morgan fingerprint density at radius 2 is 2.11 bits per heavy atom. The molecule has 2 aliphatic rings. The van der Waals surface area contributed by atoms with E-state index in [-0.39, 0.29) is 36.5 Å². The van der Waals surface area contributed by atoms with Gasteiger partial charge in [-0.1, -0.05) is 35.7 Å². The van der Waals surface area contributed by atoms with E-state index < -0.39 is 0 Å². The minimum atomic E-state index is -0.147. The van der Waals surface area contributed by atoms with Gasteiger partial charge in [0.1, 0.15) is 6.04 Å². The van der Waals surface area contributed by atoms with Crippen LogP contribution in [0.2, 0.25) is 0 Å². The van der Waals surface area contributed by atoms with Gasteiger partial charge in [-0.2, -0.15) is 0 Å². The van der Waals surface area contributed by atoms with E-state index in [1.165, 1.54) is 11.1 Å². The van der Waals surface area contributed by atoms with E-state index in [4.69, 9.17) is 6.42 Å². The molecule has 1 aromatic carbocycles. The summed E-state index contributed by atoms with van der Waals surface area (Å²) >= 11 is 0. The second-order valence-electron chi connectivity index (χ2n) is 7.84.